The van der Waals surface area contributed by atoms with E-state index in [1.807, 2.05) is 35.2 Å². The number of nitrogens with zero attached hydrogens (tertiary/aromatic N) is 2. The number of rotatable bonds is 2. The van der Waals surface area contributed by atoms with Crippen molar-refractivity contribution in [3.63, 3.8) is 0 Å². The van der Waals surface area contributed by atoms with Gasteiger partial charge in [-0.1, -0.05) is 6.07 Å². The van der Waals surface area contributed by atoms with E-state index < -0.39 is 0 Å². The minimum Gasteiger partial charge on any atom is -0.312 e. The fraction of sp³-hybridized carbons (Fsp3) is 0.286. The number of fused-ring (bicyclic) bond motifs is 1. The molecule has 0 N–H and O–H groups in total. The maximum atomic E-state index is 11.9. The van der Waals surface area contributed by atoms with Crippen LogP contribution in [0.2, 0.25) is 0 Å². The highest BCUT2D eigenvalue weighted by Gasteiger charge is 2.29. The van der Waals surface area contributed by atoms with E-state index in [1.54, 1.807) is 6.20 Å². The number of amides is 1. The number of hydrogen-bond donors (Lipinski definition) is 0. The minimum atomic E-state index is 0.156. The van der Waals surface area contributed by atoms with Gasteiger partial charge in [-0.2, -0.15) is 0 Å². The molecule has 0 spiro atoms. The summed E-state index contributed by atoms with van der Waals surface area (Å²) in [4.78, 5) is 18.0. The zero-order chi connectivity index (χ0) is 12.5. The van der Waals surface area contributed by atoms with Crippen LogP contribution in [0.1, 0.15) is 6.42 Å². The summed E-state index contributed by atoms with van der Waals surface area (Å²) in [5.41, 5.74) is 1.88. The third-order valence-electron chi connectivity index (χ3n) is 3.32. The lowest BCUT2D eigenvalue weighted by Crippen LogP contribution is -2.24. The van der Waals surface area contributed by atoms with E-state index >= 15 is 0 Å². The SMILES string of the molecule is O=C1CC(CCl)CN1c1ccc2ncccc2c1. The van der Waals surface area contributed by atoms with E-state index in [4.69, 9.17) is 11.6 Å². The van der Waals surface area contributed by atoms with Gasteiger partial charge in [0.2, 0.25) is 5.91 Å². The summed E-state index contributed by atoms with van der Waals surface area (Å²) in [6.07, 6.45) is 2.32. The molecule has 0 aliphatic carbocycles. The fourth-order valence-corrected chi connectivity index (χ4v) is 2.57. The Morgan fingerprint density at radius 3 is 3.06 bits per heavy atom. The monoisotopic (exact) mass is 260 g/mol. The molecule has 3 rings (SSSR count). The maximum absolute atomic E-state index is 11.9. The number of pyridine rings is 1. The fourth-order valence-electron chi connectivity index (χ4n) is 2.37. The quantitative estimate of drug-likeness (QED) is 0.778. The first-order valence-corrected chi connectivity index (χ1v) is 6.52. The standard InChI is InChI=1S/C14H13ClN2O/c15-8-10-6-14(18)17(9-10)12-3-4-13-11(7-12)2-1-5-16-13/h1-5,7,10H,6,8-9H2. The molecule has 0 saturated carbocycles. The van der Waals surface area contributed by atoms with E-state index in [-0.39, 0.29) is 11.8 Å². The summed E-state index contributed by atoms with van der Waals surface area (Å²) in [6.45, 7) is 0.716. The summed E-state index contributed by atoms with van der Waals surface area (Å²) in [6, 6.07) is 9.82. The maximum Gasteiger partial charge on any atom is 0.227 e. The van der Waals surface area contributed by atoms with Crippen LogP contribution in [0.15, 0.2) is 36.5 Å². The Bertz CT molecular complexity index is 599. The second-order valence-corrected chi connectivity index (χ2v) is 4.92. The van der Waals surface area contributed by atoms with E-state index in [0.717, 1.165) is 16.6 Å². The number of hydrogen-bond acceptors (Lipinski definition) is 2. The molecule has 92 valence electrons. The molecule has 0 radical (unpaired) electrons. The lowest BCUT2D eigenvalue weighted by molar-refractivity contribution is -0.117. The van der Waals surface area contributed by atoms with Crippen molar-refractivity contribution in [3.8, 4) is 0 Å². The summed E-state index contributed by atoms with van der Waals surface area (Å²) in [5.74, 6) is 0.963. The number of alkyl halides is 1. The van der Waals surface area contributed by atoms with Crippen molar-refractivity contribution < 1.29 is 4.79 Å². The van der Waals surface area contributed by atoms with Crippen LogP contribution in [-0.4, -0.2) is 23.3 Å². The van der Waals surface area contributed by atoms with Gasteiger partial charge in [-0.05, 0) is 30.2 Å². The molecular weight excluding hydrogens is 248 g/mol. The molecule has 1 aliphatic heterocycles. The van der Waals surface area contributed by atoms with Gasteiger partial charge < -0.3 is 4.90 Å². The predicted octanol–water partition coefficient (Wildman–Crippen LogP) is 2.83. The Hall–Kier alpha value is -1.61. The molecule has 1 aromatic heterocycles. The first-order valence-electron chi connectivity index (χ1n) is 5.99. The van der Waals surface area contributed by atoms with Crippen molar-refractivity contribution in [3.05, 3.63) is 36.5 Å². The topological polar surface area (TPSA) is 33.2 Å². The summed E-state index contributed by atoms with van der Waals surface area (Å²) >= 11 is 5.83. The van der Waals surface area contributed by atoms with Gasteiger partial charge in [0.25, 0.3) is 0 Å². The van der Waals surface area contributed by atoms with Gasteiger partial charge in [0, 0.05) is 36.1 Å². The van der Waals surface area contributed by atoms with Gasteiger partial charge in [0.05, 0.1) is 5.52 Å². The van der Waals surface area contributed by atoms with Gasteiger partial charge in [-0.15, -0.1) is 11.6 Å². The number of aromatic nitrogens is 1. The van der Waals surface area contributed by atoms with Crippen LogP contribution >= 0.6 is 11.6 Å². The van der Waals surface area contributed by atoms with Crippen molar-refractivity contribution >= 4 is 34.1 Å². The van der Waals surface area contributed by atoms with Gasteiger partial charge in [-0.25, -0.2) is 0 Å². The first-order chi connectivity index (χ1) is 8.78. The van der Waals surface area contributed by atoms with Gasteiger partial charge in [-0.3, -0.25) is 9.78 Å². The van der Waals surface area contributed by atoms with Crippen LogP contribution in [-0.2, 0) is 4.79 Å². The molecule has 2 aromatic rings. The van der Waals surface area contributed by atoms with Gasteiger partial charge >= 0.3 is 0 Å². The van der Waals surface area contributed by atoms with Crippen LogP contribution in [0.5, 0.6) is 0 Å². The molecular formula is C14H13ClN2O. The van der Waals surface area contributed by atoms with Crippen molar-refractivity contribution in [1.82, 2.24) is 4.98 Å². The third kappa shape index (κ3) is 1.95. The number of anilines is 1. The number of carbonyl (C=O) groups excluding carboxylic acids is 1. The third-order valence-corrected chi connectivity index (χ3v) is 3.76. The molecule has 18 heavy (non-hydrogen) atoms. The van der Waals surface area contributed by atoms with Gasteiger partial charge in [0.1, 0.15) is 0 Å². The van der Waals surface area contributed by atoms with Crippen LogP contribution in [0.4, 0.5) is 5.69 Å². The molecule has 1 aliphatic rings. The van der Waals surface area contributed by atoms with E-state index in [0.29, 0.717) is 18.8 Å². The Morgan fingerprint density at radius 2 is 2.28 bits per heavy atom. The summed E-state index contributed by atoms with van der Waals surface area (Å²) in [5, 5.41) is 1.05. The summed E-state index contributed by atoms with van der Waals surface area (Å²) in [7, 11) is 0. The molecule has 1 amide bonds. The van der Waals surface area contributed by atoms with Crippen molar-refractivity contribution in [1.29, 1.82) is 0 Å². The molecule has 1 unspecified atom stereocenters. The van der Waals surface area contributed by atoms with Crippen molar-refractivity contribution in [2.45, 2.75) is 6.42 Å². The highest BCUT2D eigenvalue weighted by molar-refractivity contribution is 6.18. The zero-order valence-corrected chi connectivity index (χ0v) is 10.6. The summed E-state index contributed by atoms with van der Waals surface area (Å²) < 4.78 is 0. The number of carbonyl (C=O) groups is 1. The second-order valence-electron chi connectivity index (χ2n) is 4.61. The molecule has 1 fully saturated rings. The van der Waals surface area contributed by atoms with Crippen molar-refractivity contribution in [2.24, 2.45) is 5.92 Å². The lowest BCUT2D eigenvalue weighted by Gasteiger charge is -2.16. The van der Waals surface area contributed by atoms with Crippen LogP contribution < -0.4 is 4.90 Å². The smallest absolute Gasteiger partial charge is 0.227 e. The normalized spacial score (nSPS) is 19.7. The Kier molecular flexibility index (Phi) is 2.92. The van der Waals surface area contributed by atoms with Crippen LogP contribution in [0.25, 0.3) is 10.9 Å². The Labute approximate surface area is 110 Å². The molecule has 1 aromatic carbocycles. The largest absolute Gasteiger partial charge is 0.312 e. The second kappa shape index (κ2) is 4.58. The van der Waals surface area contributed by atoms with Gasteiger partial charge in [0.15, 0.2) is 0 Å². The molecule has 1 atom stereocenters. The minimum absolute atomic E-state index is 0.156. The molecule has 0 bridgehead atoms. The first kappa shape index (κ1) is 11.5. The van der Waals surface area contributed by atoms with Crippen molar-refractivity contribution in [2.75, 3.05) is 17.3 Å². The average Bonchev–Trinajstić information content (AvgIpc) is 2.79. The zero-order valence-electron chi connectivity index (χ0n) is 9.84. The van der Waals surface area contributed by atoms with E-state index in [9.17, 15) is 4.79 Å². The predicted molar refractivity (Wildman–Crippen MR) is 72.9 cm³/mol. The number of benzene rings is 1. The van der Waals surface area contributed by atoms with E-state index in [2.05, 4.69) is 4.98 Å². The molecule has 2 heterocycles. The Morgan fingerprint density at radius 1 is 1.39 bits per heavy atom. The van der Waals surface area contributed by atoms with Crippen LogP contribution in [0.3, 0.4) is 0 Å². The Balaban J connectivity index is 1.97. The average molecular weight is 261 g/mol. The molecule has 3 nitrogen and oxygen atoms in total. The lowest BCUT2D eigenvalue weighted by atomic mass is 10.1. The molecule has 4 heteroatoms. The number of halogens is 1. The highest BCUT2D eigenvalue weighted by Crippen LogP contribution is 2.27. The highest BCUT2D eigenvalue weighted by atomic mass is 35.5. The van der Waals surface area contributed by atoms with E-state index in [1.165, 1.54) is 0 Å². The molecule has 1 saturated heterocycles. The van der Waals surface area contributed by atoms with Crippen LogP contribution in [0, 0.1) is 5.92 Å².